The number of nitrogens with zero attached hydrogens (tertiary/aromatic N) is 7. The van der Waals surface area contributed by atoms with E-state index in [1.807, 2.05) is 27.8 Å². The summed E-state index contributed by atoms with van der Waals surface area (Å²) in [5.41, 5.74) is 3.97. The smallest absolute Gasteiger partial charge is 0.291 e. The number of rotatable bonds is 4. The second kappa shape index (κ2) is 8.36. The molecule has 0 spiro atoms. The fourth-order valence-electron chi connectivity index (χ4n) is 4.93. The van der Waals surface area contributed by atoms with Crippen LogP contribution in [0.2, 0.25) is 0 Å². The third kappa shape index (κ3) is 3.60. The molecule has 2 amide bonds. The Kier molecular flexibility index (Phi) is 5.05. The van der Waals surface area contributed by atoms with Gasteiger partial charge < -0.3 is 10.2 Å². The van der Waals surface area contributed by atoms with Gasteiger partial charge in [-0.3, -0.25) is 14.3 Å². The normalized spacial score (nSPS) is 17.3. The first-order valence-corrected chi connectivity index (χ1v) is 11.5. The summed E-state index contributed by atoms with van der Waals surface area (Å²) in [6.07, 6.45) is 8.07. The summed E-state index contributed by atoms with van der Waals surface area (Å²) in [6, 6.07) is 9.83. The molecule has 1 atom stereocenters. The molecule has 6 rings (SSSR count). The Morgan fingerprint density at radius 3 is 2.97 bits per heavy atom. The van der Waals surface area contributed by atoms with Gasteiger partial charge in [-0.2, -0.15) is 10.1 Å². The highest BCUT2D eigenvalue weighted by atomic mass is 16.2. The van der Waals surface area contributed by atoms with E-state index < -0.39 is 0 Å². The van der Waals surface area contributed by atoms with Crippen molar-refractivity contribution >= 4 is 17.6 Å². The quantitative estimate of drug-likeness (QED) is 0.502. The van der Waals surface area contributed by atoms with Crippen LogP contribution in [-0.4, -0.2) is 59.2 Å². The van der Waals surface area contributed by atoms with E-state index in [1.54, 1.807) is 24.7 Å². The fourth-order valence-corrected chi connectivity index (χ4v) is 4.93. The molecule has 0 saturated heterocycles. The van der Waals surface area contributed by atoms with Gasteiger partial charge in [-0.25, -0.2) is 9.50 Å². The zero-order chi connectivity index (χ0) is 23.1. The predicted octanol–water partition coefficient (Wildman–Crippen LogP) is 1.83. The molecule has 3 aromatic heterocycles. The van der Waals surface area contributed by atoms with E-state index in [2.05, 4.69) is 31.5 Å². The maximum atomic E-state index is 13.5. The number of benzene rings is 1. The summed E-state index contributed by atoms with van der Waals surface area (Å²) in [6.45, 7) is 2.30. The molecular weight excluding hydrogens is 432 g/mol. The molecule has 1 N–H and O–H groups in total. The zero-order valence-corrected chi connectivity index (χ0v) is 18.6. The average Bonchev–Trinajstić information content (AvgIpc) is 3.51. The molecule has 0 fully saturated rings. The Bertz CT molecular complexity index is 1360. The summed E-state index contributed by atoms with van der Waals surface area (Å²) in [5, 5.41) is 11.6. The van der Waals surface area contributed by atoms with Crippen molar-refractivity contribution in [1.29, 1.82) is 0 Å². The highest BCUT2D eigenvalue weighted by molar-refractivity contribution is 5.95. The minimum Gasteiger partial charge on any atom is -0.349 e. The molecule has 2 aliphatic heterocycles. The first kappa shape index (κ1) is 20.5. The molecule has 34 heavy (non-hydrogen) atoms. The molecule has 10 nitrogen and oxygen atoms in total. The Morgan fingerprint density at radius 1 is 1.15 bits per heavy atom. The van der Waals surface area contributed by atoms with Gasteiger partial charge in [0.1, 0.15) is 0 Å². The van der Waals surface area contributed by atoms with Gasteiger partial charge in [0.05, 0.1) is 17.5 Å². The Hall–Kier alpha value is -4.08. The van der Waals surface area contributed by atoms with E-state index in [9.17, 15) is 9.59 Å². The van der Waals surface area contributed by atoms with Crippen LogP contribution in [-0.2, 0) is 19.5 Å². The minimum absolute atomic E-state index is 0.00192. The lowest BCUT2D eigenvalue weighted by Crippen LogP contribution is -2.42. The van der Waals surface area contributed by atoms with Gasteiger partial charge in [-0.05, 0) is 36.5 Å². The van der Waals surface area contributed by atoms with Crippen molar-refractivity contribution in [3.8, 4) is 0 Å². The van der Waals surface area contributed by atoms with Crippen molar-refractivity contribution in [3.05, 3.63) is 77.1 Å². The van der Waals surface area contributed by atoms with Crippen molar-refractivity contribution < 1.29 is 9.59 Å². The molecule has 172 valence electrons. The van der Waals surface area contributed by atoms with Gasteiger partial charge >= 0.3 is 0 Å². The summed E-state index contributed by atoms with van der Waals surface area (Å²) >= 11 is 0. The van der Waals surface area contributed by atoms with E-state index in [0.717, 1.165) is 42.6 Å². The predicted molar refractivity (Wildman–Crippen MR) is 122 cm³/mol. The van der Waals surface area contributed by atoms with Crippen LogP contribution < -0.4 is 5.32 Å². The maximum absolute atomic E-state index is 13.5. The molecule has 0 saturated carbocycles. The van der Waals surface area contributed by atoms with E-state index >= 15 is 0 Å². The van der Waals surface area contributed by atoms with E-state index in [1.165, 1.54) is 4.52 Å². The molecule has 2 aliphatic rings. The standard InChI is InChI=1S/C24H24N8O2/c33-22(21-28-24-25-9-5-11-32(24)29-21)26-12-17-15-30(14-16-6-1-2-7-18(16)17)23(34)19-13-27-31-10-4-3-8-20(19)31/h1-2,5-7,9,11,13,17H,3-4,8,10,12,14-15H2,(H,26,33). The topological polar surface area (TPSA) is 110 Å². The minimum atomic E-state index is -0.364. The van der Waals surface area contributed by atoms with Crippen molar-refractivity contribution in [2.75, 3.05) is 13.1 Å². The molecule has 0 aliphatic carbocycles. The molecule has 0 radical (unpaired) electrons. The summed E-state index contributed by atoms with van der Waals surface area (Å²) in [7, 11) is 0. The van der Waals surface area contributed by atoms with E-state index in [4.69, 9.17) is 0 Å². The van der Waals surface area contributed by atoms with Crippen LogP contribution in [0.4, 0.5) is 0 Å². The molecule has 10 heteroatoms. The molecule has 0 bridgehead atoms. The van der Waals surface area contributed by atoms with E-state index in [-0.39, 0.29) is 23.6 Å². The van der Waals surface area contributed by atoms with Crippen LogP contribution in [0, 0.1) is 0 Å². The van der Waals surface area contributed by atoms with Crippen molar-refractivity contribution in [1.82, 2.24) is 39.6 Å². The van der Waals surface area contributed by atoms with Crippen molar-refractivity contribution in [2.45, 2.75) is 38.3 Å². The Morgan fingerprint density at radius 2 is 2.06 bits per heavy atom. The van der Waals surface area contributed by atoms with Crippen LogP contribution in [0.25, 0.3) is 5.78 Å². The monoisotopic (exact) mass is 456 g/mol. The number of carbonyl (C=O) groups excluding carboxylic acids is 2. The first-order chi connectivity index (χ1) is 16.7. The Balaban J connectivity index is 1.22. The van der Waals surface area contributed by atoms with Crippen molar-refractivity contribution in [2.24, 2.45) is 0 Å². The highest BCUT2D eigenvalue weighted by Gasteiger charge is 2.31. The van der Waals surface area contributed by atoms with Gasteiger partial charge in [-0.15, -0.1) is 5.10 Å². The van der Waals surface area contributed by atoms with Gasteiger partial charge in [0, 0.05) is 44.5 Å². The van der Waals surface area contributed by atoms with Gasteiger partial charge in [-0.1, -0.05) is 24.3 Å². The zero-order valence-electron chi connectivity index (χ0n) is 18.6. The molecule has 1 aromatic carbocycles. The number of amides is 2. The molecule has 4 aromatic rings. The highest BCUT2D eigenvalue weighted by Crippen LogP contribution is 2.30. The van der Waals surface area contributed by atoms with Crippen LogP contribution >= 0.6 is 0 Å². The number of carbonyl (C=O) groups is 2. The number of aromatic nitrogens is 6. The Labute approximate surface area is 195 Å². The summed E-state index contributed by atoms with van der Waals surface area (Å²) in [4.78, 5) is 36.4. The number of hydrogen-bond donors (Lipinski definition) is 1. The second-order valence-electron chi connectivity index (χ2n) is 8.78. The number of hydrogen-bond acceptors (Lipinski definition) is 6. The third-order valence-electron chi connectivity index (χ3n) is 6.63. The molecular formula is C24H24N8O2. The van der Waals surface area contributed by atoms with Gasteiger partial charge in [0.15, 0.2) is 0 Å². The second-order valence-corrected chi connectivity index (χ2v) is 8.78. The van der Waals surface area contributed by atoms with Gasteiger partial charge in [0.2, 0.25) is 5.82 Å². The first-order valence-electron chi connectivity index (χ1n) is 11.5. The SMILES string of the molecule is O=C(NCC1CN(C(=O)c2cnn3c2CCCC3)Cc2ccccc21)c1nc2ncccn2n1. The van der Waals surface area contributed by atoms with E-state index in [0.29, 0.717) is 31.0 Å². The van der Waals surface area contributed by atoms with Crippen molar-refractivity contribution in [3.63, 3.8) is 0 Å². The third-order valence-corrected chi connectivity index (χ3v) is 6.63. The number of aryl methyl sites for hydroxylation is 1. The lowest BCUT2D eigenvalue weighted by atomic mass is 9.89. The van der Waals surface area contributed by atoms with Crippen LogP contribution in [0.15, 0.2) is 48.9 Å². The largest absolute Gasteiger partial charge is 0.349 e. The average molecular weight is 457 g/mol. The molecule has 1 unspecified atom stereocenters. The number of nitrogens with one attached hydrogen (secondary N) is 1. The van der Waals surface area contributed by atoms with Crippen LogP contribution in [0.1, 0.15) is 56.6 Å². The van der Waals surface area contributed by atoms with Crippen LogP contribution in [0.5, 0.6) is 0 Å². The summed E-state index contributed by atoms with van der Waals surface area (Å²) in [5.74, 6) is 0.0396. The van der Waals surface area contributed by atoms with Gasteiger partial charge in [0.25, 0.3) is 17.6 Å². The lowest BCUT2D eigenvalue weighted by Gasteiger charge is -2.35. The van der Waals surface area contributed by atoms with Crippen LogP contribution in [0.3, 0.4) is 0 Å². The maximum Gasteiger partial charge on any atom is 0.291 e. The summed E-state index contributed by atoms with van der Waals surface area (Å²) < 4.78 is 3.43. The molecule has 5 heterocycles. The number of fused-ring (bicyclic) bond motifs is 3. The lowest BCUT2D eigenvalue weighted by molar-refractivity contribution is 0.0714. The fraction of sp³-hybridized carbons (Fsp3) is 0.333.